The first kappa shape index (κ1) is 12.1. The fraction of sp³-hybridized carbons (Fsp3) is 0.417. The van der Waals surface area contributed by atoms with Crippen LogP contribution in [0.3, 0.4) is 0 Å². The Hall–Kier alpha value is -1.36. The SMILES string of the molecule is COc1ccc([C@@H]2NC(=O)[C@H](C)S2)cc1OC. The number of methoxy groups -OCH3 is 2. The van der Waals surface area contributed by atoms with Gasteiger partial charge in [0.25, 0.3) is 0 Å². The zero-order valence-electron chi connectivity index (χ0n) is 10.0. The number of thioether (sulfide) groups is 1. The number of rotatable bonds is 3. The van der Waals surface area contributed by atoms with Crippen molar-refractivity contribution in [1.29, 1.82) is 0 Å². The number of ether oxygens (including phenoxy) is 2. The summed E-state index contributed by atoms with van der Waals surface area (Å²) in [5.41, 5.74) is 1.02. The Bertz CT molecular complexity index is 436. The largest absolute Gasteiger partial charge is 0.493 e. The first-order valence-corrected chi connectivity index (χ1v) is 6.27. The van der Waals surface area contributed by atoms with Gasteiger partial charge < -0.3 is 14.8 Å². The molecule has 1 aromatic rings. The Labute approximate surface area is 105 Å². The van der Waals surface area contributed by atoms with Crippen molar-refractivity contribution in [3.05, 3.63) is 23.8 Å². The number of nitrogens with one attached hydrogen (secondary N) is 1. The van der Waals surface area contributed by atoms with Crippen molar-refractivity contribution in [1.82, 2.24) is 5.32 Å². The smallest absolute Gasteiger partial charge is 0.234 e. The van der Waals surface area contributed by atoms with Gasteiger partial charge in [-0.25, -0.2) is 0 Å². The molecule has 1 saturated heterocycles. The van der Waals surface area contributed by atoms with Gasteiger partial charge in [0.15, 0.2) is 11.5 Å². The minimum absolute atomic E-state index is 0.00249. The van der Waals surface area contributed by atoms with E-state index in [0.717, 1.165) is 5.56 Å². The van der Waals surface area contributed by atoms with Gasteiger partial charge in [-0.2, -0.15) is 0 Å². The molecule has 1 fully saturated rings. The van der Waals surface area contributed by atoms with E-state index >= 15 is 0 Å². The predicted molar refractivity (Wildman–Crippen MR) is 67.5 cm³/mol. The molecule has 1 amide bonds. The van der Waals surface area contributed by atoms with Crippen LogP contribution in [0.25, 0.3) is 0 Å². The highest BCUT2D eigenvalue weighted by Crippen LogP contribution is 2.38. The van der Waals surface area contributed by atoms with E-state index in [1.165, 1.54) is 0 Å². The molecule has 92 valence electrons. The van der Waals surface area contributed by atoms with Crippen LogP contribution in [-0.4, -0.2) is 25.4 Å². The van der Waals surface area contributed by atoms with Crippen LogP contribution in [0.15, 0.2) is 18.2 Å². The predicted octanol–water partition coefficient (Wildman–Crippen LogP) is 1.95. The van der Waals surface area contributed by atoms with Crippen LogP contribution in [-0.2, 0) is 4.79 Å². The number of hydrogen-bond acceptors (Lipinski definition) is 4. The Morgan fingerprint density at radius 1 is 1.24 bits per heavy atom. The quantitative estimate of drug-likeness (QED) is 0.894. The second kappa shape index (κ2) is 4.87. The van der Waals surface area contributed by atoms with Crippen molar-refractivity contribution in [2.45, 2.75) is 17.5 Å². The lowest BCUT2D eigenvalue weighted by molar-refractivity contribution is -0.119. The van der Waals surface area contributed by atoms with Gasteiger partial charge in [0.2, 0.25) is 5.91 Å². The number of carbonyl (C=O) groups is 1. The normalized spacial score (nSPS) is 23.4. The molecular formula is C12H15NO3S. The highest BCUT2D eigenvalue weighted by molar-refractivity contribution is 8.01. The van der Waals surface area contributed by atoms with Crippen molar-refractivity contribution in [3.63, 3.8) is 0 Å². The summed E-state index contributed by atoms with van der Waals surface area (Å²) in [7, 11) is 3.20. The molecule has 1 heterocycles. The number of hydrogen-bond donors (Lipinski definition) is 1. The molecule has 1 aliphatic rings. The molecule has 17 heavy (non-hydrogen) atoms. The Morgan fingerprint density at radius 2 is 1.94 bits per heavy atom. The summed E-state index contributed by atoms with van der Waals surface area (Å²) in [6.45, 7) is 1.90. The van der Waals surface area contributed by atoms with Crippen molar-refractivity contribution in [2.75, 3.05) is 14.2 Å². The summed E-state index contributed by atoms with van der Waals surface area (Å²) in [5, 5.41) is 2.93. The highest BCUT2D eigenvalue weighted by atomic mass is 32.2. The zero-order valence-corrected chi connectivity index (χ0v) is 10.8. The van der Waals surface area contributed by atoms with Crippen LogP contribution in [0.4, 0.5) is 0 Å². The summed E-state index contributed by atoms with van der Waals surface area (Å²) < 4.78 is 10.4. The van der Waals surface area contributed by atoms with E-state index in [4.69, 9.17) is 9.47 Å². The maximum atomic E-state index is 11.4. The molecule has 0 aliphatic carbocycles. The van der Waals surface area contributed by atoms with Gasteiger partial charge >= 0.3 is 0 Å². The molecule has 5 heteroatoms. The zero-order chi connectivity index (χ0) is 12.4. The van der Waals surface area contributed by atoms with E-state index in [0.29, 0.717) is 11.5 Å². The van der Waals surface area contributed by atoms with Crippen LogP contribution >= 0.6 is 11.8 Å². The molecule has 0 unspecified atom stereocenters. The third-order valence-corrected chi connectivity index (χ3v) is 3.98. The summed E-state index contributed by atoms with van der Waals surface area (Å²) in [4.78, 5) is 11.4. The number of amides is 1. The van der Waals surface area contributed by atoms with E-state index in [-0.39, 0.29) is 16.5 Å². The van der Waals surface area contributed by atoms with Crippen LogP contribution in [0.1, 0.15) is 17.9 Å². The van der Waals surface area contributed by atoms with Gasteiger partial charge in [-0.3, -0.25) is 4.79 Å². The molecule has 0 aromatic heterocycles. The monoisotopic (exact) mass is 253 g/mol. The van der Waals surface area contributed by atoms with E-state index in [9.17, 15) is 4.79 Å². The van der Waals surface area contributed by atoms with E-state index in [1.54, 1.807) is 26.0 Å². The van der Waals surface area contributed by atoms with Gasteiger partial charge in [-0.1, -0.05) is 6.07 Å². The lowest BCUT2D eigenvalue weighted by atomic mass is 10.2. The first-order valence-electron chi connectivity index (χ1n) is 5.33. The average molecular weight is 253 g/mol. The van der Waals surface area contributed by atoms with E-state index in [1.807, 2.05) is 25.1 Å². The molecule has 4 nitrogen and oxygen atoms in total. The third-order valence-electron chi connectivity index (χ3n) is 2.69. The minimum Gasteiger partial charge on any atom is -0.493 e. The van der Waals surface area contributed by atoms with Crippen LogP contribution in [0.2, 0.25) is 0 Å². The maximum absolute atomic E-state index is 11.4. The minimum atomic E-state index is -0.00639. The molecule has 0 saturated carbocycles. The molecule has 2 rings (SSSR count). The van der Waals surface area contributed by atoms with Crippen LogP contribution in [0, 0.1) is 0 Å². The topological polar surface area (TPSA) is 47.6 Å². The lowest BCUT2D eigenvalue weighted by Crippen LogP contribution is -2.22. The third kappa shape index (κ3) is 2.34. The van der Waals surface area contributed by atoms with E-state index in [2.05, 4.69) is 5.32 Å². The summed E-state index contributed by atoms with van der Waals surface area (Å²) in [6, 6.07) is 5.69. The average Bonchev–Trinajstić information content (AvgIpc) is 2.68. The summed E-state index contributed by atoms with van der Waals surface area (Å²) in [6.07, 6.45) is 0. The Morgan fingerprint density at radius 3 is 2.47 bits per heavy atom. The molecule has 1 aromatic carbocycles. The molecule has 2 atom stereocenters. The molecule has 0 bridgehead atoms. The van der Waals surface area contributed by atoms with Crippen molar-refractivity contribution in [3.8, 4) is 11.5 Å². The number of carbonyl (C=O) groups excluding carboxylic acids is 1. The van der Waals surface area contributed by atoms with Crippen LogP contribution in [0.5, 0.6) is 11.5 Å². The van der Waals surface area contributed by atoms with Gasteiger partial charge in [0.05, 0.1) is 19.5 Å². The Kier molecular flexibility index (Phi) is 3.47. The number of benzene rings is 1. The van der Waals surface area contributed by atoms with Gasteiger partial charge in [-0.05, 0) is 24.6 Å². The van der Waals surface area contributed by atoms with Crippen LogP contribution < -0.4 is 14.8 Å². The summed E-state index contributed by atoms with van der Waals surface area (Å²) >= 11 is 1.60. The van der Waals surface area contributed by atoms with Crippen molar-refractivity contribution < 1.29 is 14.3 Å². The van der Waals surface area contributed by atoms with E-state index < -0.39 is 0 Å². The molecule has 1 N–H and O–H groups in total. The molecule has 0 spiro atoms. The Balaban J connectivity index is 2.25. The second-order valence-electron chi connectivity index (χ2n) is 3.78. The maximum Gasteiger partial charge on any atom is 0.234 e. The van der Waals surface area contributed by atoms with Gasteiger partial charge in [-0.15, -0.1) is 11.8 Å². The highest BCUT2D eigenvalue weighted by Gasteiger charge is 2.30. The second-order valence-corrected chi connectivity index (χ2v) is 5.23. The molecule has 0 radical (unpaired) electrons. The standard InChI is InChI=1S/C12H15NO3S/c1-7-11(14)13-12(17-7)8-4-5-9(15-2)10(6-8)16-3/h4-7,12H,1-3H3,(H,13,14)/t7-,12+/m0/s1. The van der Waals surface area contributed by atoms with Gasteiger partial charge in [0, 0.05) is 0 Å². The fourth-order valence-electron chi connectivity index (χ4n) is 1.72. The van der Waals surface area contributed by atoms with Crippen molar-refractivity contribution >= 4 is 17.7 Å². The fourth-order valence-corrected chi connectivity index (χ4v) is 2.81. The van der Waals surface area contributed by atoms with Gasteiger partial charge in [0.1, 0.15) is 5.37 Å². The summed E-state index contributed by atoms with van der Waals surface area (Å²) in [5.74, 6) is 1.45. The first-order chi connectivity index (χ1) is 8.15. The molecule has 1 aliphatic heterocycles. The van der Waals surface area contributed by atoms with Crippen molar-refractivity contribution in [2.24, 2.45) is 0 Å². The lowest BCUT2D eigenvalue weighted by Gasteiger charge is -2.13. The molecular weight excluding hydrogens is 238 g/mol.